The second-order valence-electron chi connectivity index (χ2n) is 5.05. The van der Waals surface area contributed by atoms with Crippen LogP contribution in [0.5, 0.6) is 0 Å². The molecule has 114 valence electrons. The maximum Gasteiger partial charge on any atom is 0.328 e. The standard InChI is InChI=1S/C13H14F2N2O4/c14-9-5-10(15)13(17(20)21)11(6-9)16-4-3-8(7-16)1-2-12(18)19/h5-6,8H,1-4,7H2,(H,18,19). The van der Waals surface area contributed by atoms with Gasteiger partial charge in [0.15, 0.2) is 0 Å². The maximum atomic E-state index is 13.6. The number of nitro benzene ring substituents is 1. The summed E-state index contributed by atoms with van der Waals surface area (Å²) >= 11 is 0. The van der Waals surface area contributed by atoms with E-state index in [9.17, 15) is 23.7 Å². The molecule has 1 atom stereocenters. The summed E-state index contributed by atoms with van der Waals surface area (Å²) in [5.74, 6) is -2.94. The van der Waals surface area contributed by atoms with E-state index < -0.39 is 28.2 Å². The lowest BCUT2D eigenvalue weighted by molar-refractivity contribution is -0.386. The number of hydrogen-bond acceptors (Lipinski definition) is 4. The number of anilines is 1. The Hall–Kier alpha value is -2.25. The summed E-state index contributed by atoms with van der Waals surface area (Å²) in [5.41, 5.74) is -0.828. The van der Waals surface area contributed by atoms with E-state index in [1.807, 2.05) is 0 Å². The number of halogens is 2. The first-order valence-corrected chi connectivity index (χ1v) is 6.48. The second-order valence-corrected chi connectivity index (χ2v) is 5.05. The molecule has 1 aromatic rings. The zero-order valence-corrected chi connectivity index (χ0v) is 11.1. The van der Waals surface area contributed by atoms with Crippen LogP contribution in [0.25, 0.3) is 0 Å². The van der Waals surface area contributed by atoms with Gasteiger partial charge in [0.25, 0.3) is 0 Å². The Bertz CT molecular complexity index is 580. The average molecular weight is 300 g/mol. The van der Waals surface area contributed by atoms with Crippen LogP contribution in [0.3, 0.4) is 0 Å². The predicted octanol–water partition coefficient (Wildman–Crippen LogP) is 2.56. The first-order valence-electron chi connectivity index (χ1n) is 6.48. The summed E-state index contributed by atoms with van der Waals surface area (Å²) < 4.78 is 26.9. The first kappa shape index (κ1) is 15.1. The number of carbonyl (C=O) groups is 1. The molecule has 1 fully saturated rings. The molecule has 0 amide bonds. The zero-order valence-electron chi connectivity index (χ0n) is 11.1. The molecule has 8 heteroatoms. The van der Waals surface area contributed by atoms with Crippen LogP contribution in [0.1, 0.15) is 19.3 Å². The SMILES string of the molecule is O=C(O)CCC1CCN(c2cc(F)cc(F)c2[N+](=O)[O-])C1. The smallest absolute Gasteiger partial charge is 0.328 e. The van der Waals surface area contributed by atoms with Crippen LogP contribution in [0, 0.1) is 27.7 Å². The summed E-state index contributed by atoms with van der Waals surface area (Å²) in [6.45, 7) is 0.769. The molecule has 1 aliphatic heterocycles. The lowest BCUT2D eigenvalue weighted by atomic mass is 10.0. The van der Waals surface area contributed by atoms with Crippen molar-refractivity contribution >= 4 is 17.3 Å². The fourth-order valence-corrected chi connectivity index (χ4v) is 2.59. The molecule has 1 heterocycles. The number of carboxylic acid groups (broad SMARTS) is 1. The number of aliphatic carboxylic acids is 1. The second kappa shape index (κ2) is 6.02. The van der Waals surface area contributed by atoms with E-state index in [1.165, 1.54) is 4.90 Å². The molecule has 21 heavy (non-hydrogen) atoms. The number of nitrogens with zero attached hydrogens (tertiary/aromatic N) is 2. The minimum absolute atomic E-state index is 0.0120. The molecule has 0 aliphatic carbocycles. The Morgan fingerprint density at radius 2 is 2.19 bits per heavy atom. The van der Waals surface area contributed by atoms with Gasteiger partial charge in [0.1, 0.15) is 11.5 Å². The van der Waals surface area contributed by atoms with Gasteiger partial charge in [-0.05, 0) is 18.8 Å². The van der Waals surface area contributed by atoms with Crippen LogP contribution < -0.4 is 4.90 Å². The van der Waals surface area contributed by atoms with Crippen LogP contribution >= 0.6 is 0 Å². The molecule has 0 saturated carbocycles. The number of benzene rings is 1. The van der Waals surface area contributed by atoms with Gasteiger partial charge in [-0.2, -0.15) is 4.39 Å². The van der Waals surface area contributed by atoms with Crippen LogP contribution in [0.4, 0.5) is 20.2 Å². The highest BCUT2D eigenvalue weighted by molar-refractivity contribution is 5.67. The third-order valence-electron chi connectivity index (χ3n) is 3.58. The molecule has 1 aliphatic rings. The minimum Gasteiger partial charge on any atom is -0.481 e. The highest BCUT2D eigenvalue weighted by Crippen LogP contribution is 2.35. The van der Waals surface area contributed by atoms with Gasteiger partial charge in [-0.15, -0.1) is 0 Å². The van der Waals surface area contributed by atoms with Crippen molar-refractivity contribution in [3.05, 3.63) is 33.9 Å². The number of rotatable bonds is 5. The Morgan fingerprint density at radius 1 is 1.48 bits per heavy atom. The van der Waals surface area contributed by atoms with Crippen molar-refractivity contribution in [2.24, 2.45) is 5.92 Å². The molecule has 0 radical (unpaired) electrons. The normalized spacial score (nSPS) is 18.0. The molecule has 1 saturated heterocycles. The van der Waals surface area contributed by atoms with Gasteiger partial charge in [0, 0.05) is 31.6 Å². The molecule has 6 nitrogen and oxygen atoms in total. The van der Waals surface area contributed by atoms with Gasteiger partial charge in [-0.25, -0.2) is 4.39 Å². The fourth-order valence-electron chi connectivity index (χ4n) is 2.59. The van der Waals surface area contributed by atoms with Gasteiger partial charge in [-0.1, -0.05) is 0 Å². The van der Waals surface area contributed by atoms with E-state index in [1.54, 1.807) is 0 Å². The lowest BCUT2D eigenvalue weighted by Crippen LogP contribution is -2.21. The summed E-state index contributed by atoms with van der Waals surface area (Å²) in [6, 6.07) is 1.43. The number of hydrogen-bond donors (Lipinski definition) is 1. The van der Waals surface area contributed by atoms with Crippen molar-refractivity contribution in [1.82, 2.24) is 0 Å². The number of carboxylic acids is 1. The molecular formula is C13H14F2N2O4. The lowest BCUT2D eigenvalue weighted by Gasteiger charge is -2.18. The highest BCUT2D eigenvalue weighted by Gasteiger charge is 2.31. The molecular weight excluding hydrogens is 286 g/mol. The summed E-state index contributed by atoms with van der Waals surface area (Å²) in [7, 11) is 0. The van der Waals surface area contributed by atoms with Gasteiger partial charge in [0.05, 0.1) is 4.92 Å². The van der Waals surface area contributed by atoms with E-state index in [0.717, 1.165) is 6.07 Å². The van der Waals surface area contributed by atoms with E-state index in [2.05, 4.69) is 0 Å². The Balaban J connectivity index is 2.19. The van der Waals surface area contributed by atoms with E-state index >= 15 is 0 Å². The number of nitro groups is 1. The molecule has 0 aromatic heterocycles. The summed E-state index contributed by atoms with van der Waals surface area (Å²) in [6.07, 6.45) is 1.10. The van der Waals surface area contributed by atoms with Gasteiger partial charge < -0.3 is 10.0 Å². The molecule has 0 spiro atoms. The van der Waals surface area contributed by atoms with E-state index in [4.69, 9.17) is 5.11 Å². The van der Waals surface area contributed by atoms with E-state index in [0.29, 0.717) is 32.0 Å². The van der Waals surface area contributed by atoms with Crippen LogP contribution in [0.15, 0.2) is 12.1 Å². The van der Waals surface area contributed by atoms with Crippen LogP contribution in [0.2, 0.25) is 0 Å². The first-order chi connectivity index (χ1) is 9.88. The van der Waals surface area contributed by atoms with Crippen molar-refractivity contribution in [3.8, 4) is 0 Å². The van der Waals surface area contributed by atoms with Gasteiger partial charge >= 0.3 is 11.7 Å². The van der Waals surface area contributed by atoms with Gasteiger partial charge in [-0.3, -0.25) is 14.9 Å². The predicted molar refractivity (Wildman–Crippen MR) is 70.2 cm³/mol. The molecule has 0 bridgehead atoms. The summed E-state index contributed by atoms with van der Waals surface area (Å²) in [5, 5.41) is 19.6. The van der Waals surface area contributed by atoms with Crippen molar-refractivity contribution in [1.29, 1.82) is 0 Å². The van der Waals surface area contributed by atoms with Crippen LogP contribution in [-0.2, 0) is 4.79 Å². The molecule has 1 unspecified atom stereocenters. The summed E-state index contributed by atoms with van der Waals surface area (Å²) in [4.78, 5) is 22.2. The largest absolute Gasteiger partial charge is 0.481 e. The van der Waals surface area contributed by atoms with E-state index in [-0.39, 0.29) is 18.0 Å². The van der Waals surface area contributed by atoms with Crippen molar-refractivity contribution in [2.75, 3.05) is 18.0 Å². The fraction of sp³-hybridized carbons (Fsp3) is 0.462. The molecule has 1 N–H and O–H groups in total. The average Bonchev–Trinajstić information content (AvgIpc) is 2.83. The third kappa shape index (κ3) is 3.45. The maximum absolute atomic E-state index is 13.6. The van der Waals surface area contributed by atoms with Crippen molar-refractivity contribution in [3.63, 3.8) is 0 Å². The Labute approximate surface area is 119 Å². The van der Waals surface area contributed by atoms with Gasteiger partial charge in [0.2, 0.25) is 5.82 Å². The topological polar surface area (TPSA) is 83.7 Å². The molecule has 1 aromatic carbocycles. The van der Waals surface area contributed by atoms with Crippen LogP contribution in [-0.4, -0.2) is 29.1 Å². The minimum atomic E-state index is -1.20. The Morgan fingerprint density at radius 3 is 2.81 bits per heavy atom. The Kier molecular flexibility index (Phi) is 4.35. The zero-order chi connectivity index (χ0) is 15.6. The highest BCUT2D eigenvalue weighted by atomic mass is 19.1. The monoisotopic (exact) mass is 300 g/mol. The molecule has 2 rings (SSSR count). The third-order valence-corrected chi connectivity index (χ3v) is 3.58. The van der Waals surface area contributed by atoms with Crippen molar-refractivity contribution in [2.45, 2.75) is 19.3 Å². The quantitative estimate of drug-likeness (QED) is 0.667. The van der Waals surface area contributed by atoms with Crippen molar-refractivity contribution < 1.29 is 23.6 Å².